The summed E-state index contributed by atoms with van der Waals surface area (Å²) in [6.07, 6.45) is 15.9. The summed E-state index contributed by atoms with van der Waals surface area (Å²) in [7, 11) is 0. The molecule has 0 bridgehead atoms. The number of furan rings is 1. The lowest BCUT2D eigenvalue weighted by molar-refractivity contribution is 0.293. The van der Waals surface area contributed by atoms with Crippen molar-refractivity contribution in [3.05, 3.63) is 148 Å². The van der Waals surface area contributed by atoms with Crippen LogP contribution in [0.25, 0.3) is 22.1 Å². The quantitative estimate of drug-likeness (QED) is 0.168. The molecule has 3 heterocycles. The molecule has 0 fully saturated rings. The Balaban J connectivity index is 1.32. The fourth-order valence-electron chi connectivity index (χ4n) is 12.7. The third-order valence-corrected chi connectivity index (χ3v) is 17.2. The number of hydrogen-bond donors (Lipinski definition) is 0. The lowest BCUT2D eigenvalue weighted by atomic mass is 9.27. The fraction of sp³-hybridized carbons (Fsp3) is 0.469. The minimum Gasteiger partial charge on any atom is -0.469 e. The molecule has 1 aromatic heterocycles. The van der Waals surface area contributed by atoms with E-state index < -0.39 is 5.54 Å². The number of fused-ring (bicyclic) bond motifs is 7. The van der Waals surface area contributed by atoms with Gasteiger partial charge in [0.1, 0.15) is 5.58 Å². The molecule has 5 aromatic rings. The maximum Gasteiger partial charge on any atom is 0.272 e. The van der Waals surface area contributed by atoms with E-state index in [0.29, 0.717) is 5.92 Å². The molecule has 5 aliphatic rings. The number of nitrogens with zero attached hydrogens (tertiary/aromatic N) is 2. The summed E-state index contributed by atoms with van der Waals surface area (Å²) in [6, 6.07) is 29.2. The first-order valence-corrected chi connectivity index (χ1v) is 25.9. The number of anilines is 3. The van der Waals surface area contributed by atoms with Crippen LogP contribution in [0.5, 0.6) is 0 Å². The largest absolute Gasteiger partial charge is 0.469 e. The van der Waals surface area contributed by atoms with E-state index in [1.807, 2.05) is 0 Å². The highest BCUT2D eigenvalue weighted by Crippen LogP contribution is 2.59. The predicted molar refractivity (Wildman–Crippen MR) is 294 cm³/mol. The average molecular weight is 903 g/mol. The van der Waals surface area contributed by atoms with Crippen LogP contribution in [0.1, 0.15) is 172 Å². The van der Waals surface area contributed by atoms with Crippen molar-refractivity contribution in [2.24, 2.45) is 11.3 Å². The molecule has 3 unspecified atom stereocenters. The smallest absolute Gasteiger partial charge is 0.272 e. The van der Waals surface area contributed by atoms with Crippen molar-refractivity contribution in [3.63, 3.8) is 0 Å². The Labute approximate surface area is 411 Å². The van der Waals surface area contributed by atoms with Crippen LogP contribution in [0.4, 0.5) is 17.1 Å². The average Bonchev–Trinajstić information content (AvgIpc) is 3.62. The van der Waals surface area contributed by atoms with Gasteiger partial charge in [0.25, 0.3) is 6.71 Å². The Hall–Kier alpha value is -4.96. The van der Waals surface area contributed by atoms with E-state index in [4.69, 9.17) is 4.42 Å². The van der Waals surface area contributed by atoms with Crippen LogP contribution in [0.15, 0.2) is 125 Å². The first-order valence-electron chi connectivity index (χ1n) is 25.9. The van der Waals surface area contributed by atoms with Gasteiger partial charge in [-0.1, -0.05) is 177 Å². The van der Waals surface area contributed by atoms with Crippen LogP contribution in [-0.4, -0.2) is 12.3 Å². The van der Waals surface area contributed by atoms with Gasteiger partial charge < -0.3 is 14.2 Å². The van der Waals surface area contributed by atoms with E-state index in [-0.39, 0.29) is 45.0 Å². The molecule has 0 spiro atoms. The van der Waals surface area contributed by atoms with Crippen LogP contribution in [-0.2, 0) is 27.1 Å². The number of hydrogen-bond acceptors (Lipinski definition) is 3. The van der Waals surface area contributed by atoms with Gasteiger partial charge in [-0.2, -0.15) is 0 Å². The molecular weight excluding hydrogens is 824 g/mol. The predicted octanol–water partition coefficient (Wildman–Crippen LogP) is 16.4. The molecule has 3 atom stereocenters. The van der Waals surface area contributed by atoms with E-state index in [9.17, 15) is 0 Å². The van der Waals surface area contributed by atoms with Gasteiger partial charge in [-0.05, 0) is 153 Å². The van der Waals surface area contributed by atoms with Gasteiger partial charge in [0.2, 0.25) is 0 Å². The first kappa shape index (κ1) is 46.8. The van der Waals surface area contributed by atoms with Gasteiger partial charge in [-0.3, -0.25) is 0 Å². The Morgan fingerprint density at radius 1 is 0.662 bits per heavy atom. The summed E-state index contributed by atoms with van der Waals surface area (Å²) in [6.45, 7) is 42.9. The minimum atomic E-state index is -0.490. The molecule has 0 radical (unpaired) electrons. The van der Waals surface area contributed by atoms with Gasteiger partial charge in [-0.15, -0.1) is 0 Å². The van der Waals surface area contributed by atoms with Crippen molar-refractivity contribution in [1.82, 2.24) is 0 Å². The zero-order valence-electron chi connectivity index (χ0n) is 45.0. The molecule has 0 saturated heterocycles. The lowest BCUT2D eigenvalue weighted by Crippen LogP contribution is -2.68. The number of allylic oxidation sites excluding steroid dienone is 5. The van der Waals surface area contributed by atoms with Gasteiger partial charge in [0, 0.05) is 39.5 Å². The second-order valence-electron chi connectivity index (χ2n) is 27.3. The monoisotopic (exact) mass is 903 g/mol. The van der Waals surface area contributed by atoms with Crippen molar-refractivity contribution in [2.75, 3.05) is 9.80 Å². The van der Waals surface area contributed by atoms with E-state index in [1.54, 1.807) is 0 Å². The maximum atomic E-state index is 7.52. The zero-order valence-corrected chi connectivity index (χ0v) is 45.0. The molecule has 0 amide bonds. The molecule has 10 rings (SSSR count). The Kier molecular flexibility index (Phi) is 10.3. The summed E-state index contributed by atoms with van der Waals surface area (Å²) in [5.74, 6) is 0.492. The summed E-state index contributed by atoms with van der Waals surface area (Å²) in [5, 5.41) is 1.20. The Morgan fingerprint density at radius 3 is 1.84 bits per heavy atom. The summed E-state index contributed by atoms with van der Waals surface area (Å²) >= 11 is 0. The second kappa shape index (κ2) is 15.0. The van der Waals surface area contributed by atoms with Crippen LogP contribution in [0.2, 0.25) is 5.82 Å². The van der Waals surface area contributed by atoms with Gasteiger partial charge in [0.15, 0.2) is 0 Å². The molecule has 3 nitrogen and oxygen atoms in total. The van der Waals surface area contributed by atoms with Crippen LogP contribution < -0.4 is 20.9 Å². The number of benzene rings is 4. The highest BCUT2D eigenvalue weighted by atomic mass is 16.3. The zero-order chi connectivity index (χ0) is 49.1. The molecule has 68 heavy (non-hydrogen) atoms. The fourth-order valence-corrected chi connectivity index (χ4v) is 12.7. The normalized spacial score (nSPS) is 23.1. The topological polar surface area (TPSA) is 19.6 Å². The maximum absolute atomic E-state index is 7.52. The van der Waals surface area contributed by atoms with Crippen LogP contribution in [0, 0.1) is 11.3 Å². The number of rotatable bonds is 3. The highest BCUT2D eigenvalue weighted by molar-refractivity contribution is 6.90. The van der Waals surface area contributed by atoms with Gasteiger partial charge in [-0.25, -0.2) is 0 Å². The summed E-state index contributed by atoms with van der Waals surface area (Å²) < 4.78 is 7.52. The Morgan fingerprint density at radius 2 is 1.25 bits per heavy atom. The highest BCUT2D eigenvalue weighted by Gasteiger charge is 2.60. The van der Waals surface area contributed by atoms with Gasteiger partial charge >= 0.3 is 0 Å². The van der Waals surface area contributed by atoms with Crippen molar-refractivity contribution in [2.45, 2.75) is 182 Å². The lowest BCUT2D eigenvalue weighted by Gasteiger charge is -2.58. The Bertz CT molecular complexity index is 3010. The molecule has 3 aliphatic carbocycles. The van der Waals surface area contributed by atoms with E-state index >= 15 is 0 Å². The summed E-state index contributed by atoms with van der Waals surface area (Å²) in [5.41, 5.74) is 20.4. The molecule has 0 N–H and O–H groups in total. The van der Waals surface area contributed by atoms with E-state index in [2.05, 4.69) is 238 Å². The standard InChI is InChI=1S/C64H79BN2O/c1-39-33-53-56-64(18,38-39)67(51-29-25-43(60(8,9)10)34-46(51)40-19-21-41(22-20-40)58(2,3)4)52-37-49-48(62(14,15)31-32-63(49,16)17)36-50(52)65(56)57-55(47-35-44(61(11,12)13)26-30-54(47)68-57)66(53)45-27-23-42(24-28-45)59(5,6)7/h19-23,25-30,33-38,42,56H,24,31-32H2,1-18H3. The molecule has 0 saturated carbocycles. The molecular formula is C64H79BN2O. The van der Waals surface area contributed by atoms with E-state index in [0.717, 1.165) is 30.5 Å². The molecule has 4 heteroatoms. The molecule has 4 aromatic carbocycles. The summed E-state index contributed by atoms with van der Waals surface area (Å²) in [4.78, 5) is 5.46. The van der Waals surface area contributed by atoms with Crippen molar-refractivity contribution in [3.8, 4) is 11.1 Å². The third-order valence-electron chi connectivity index (χ3n) is 17.2. The van der Waals surface area contributed by atoms with Crippen LogP contribution in [0.3, 0.4) is 0 Å². The second-order valence-corrected chi connectivity index (χ2v) is 27.3. The molecule has 354 valence electrons. The SMILES string of the molecule is CC1=CC2(C)C3B(c4cc5c(cc4N2c2ccc(C(C)(C)C)cc2-c2ccc(C(C)(C)C)cc2)C(C)(C)CCC5(C)C)c2oc4ccc(C(C)(C)C)cc4c2N(C2=CCC(C(C)(C)C)C=C2)C3=C1. The van der Waals surface area contributed by atoms with Crippen molar-refractivity contribution in [1.29, 1.82) is 0 Å². The van der Waals surface area contributed by atoms with E-state index in [1.165, 1.54) is 83.8 Å². The minimum absolute atomic E-state index is 0.0188. The first-order chi connectivity index (χ1) is 31.5. The third kappa shape index (κ3) is 7.35. The van der Waals surface area contributed by atoms with Crippen LogP contribution >= 0.6 is 0 Å². The van der Waals surface area contributed by atoms with Gasteiger partial charge in [0.05, 0.1) is 16.9 Å². The van der Waals surface area contributed by atoms with Crippen molar-refractivity contribution < 1.29 is 4.42 Å². The van der Waals surface area contributed by atoms with Crippen molar-refractivity contribution >= 4 is 45.9 Å². The molecule has 2 aliphatic heterocycles.